The highest BCUT2D eigenvalue weighted by molar-refractivity contribution is 8.00. The highest BCUT2D eigenvalue weighted by Crippen LogP contribution is 2.30. The van der Waals surface area contributed by atoms with Crippen molar-refractivity contribution in [3.63, 3.8) is 0 Å². The number of rotatable bonds is 3. The Bertz CT molecular complexity index is 439. The first-order valence-electron chi connectivity index (χ1n) is 4.41. The standard InChI is InChI=1S/C10H11NOS2/c1-3-12-7-4-5-8-9(6-7)14-10(11-8)13-2/h4-6H,3H2,1-2H3. The first-order chi connectivity index (χ1) is 6.83. The van der Waals surface area contributed by atoms with Gasteiger partial charge in [-0.3, -0.25) is 0 Å². The van der Waals surface area contributed by atoms with Gasteiger partial charge in [-0.15, -0.1) is 11.3 Å². The Morgan fingerprint density at radius 3 is 3.07 bits per heavy atom. The maximum atomic E-state index is 5.43. The second-order valence-electron chi connectivity index (χ2n) is 2.75. The molecule has 1 heterocycles. The van der Waals surface area contributed by atoms with Crippen LogP contribution in [0.2, 0.25) is 0 Å². The smallest absolute Gasteiger partial charge is 0.150 e. The topological polar surface area (TPSA) is 22.1 Å². The lowest BCUT2D eigenvalue weighted by Gasteiger charge is -2.00. The van der Waals surface area contributed by atoms with Crippen LogP contribution in [-0.2, 0) is 0 Å². The quantitative estimate of drug-likeness (QED) is 0.747. The SMILES string of the molecule is CCOc1ccc2nc(SC)sc2c1. The largest absolute Gasteiger partial charge is 0.494 e. The number of thiazole rings is 1. The summed E-state index contributed by atoms with van der Waals surface area (Å²) in [5.74, 6) is 0.927. The highest BCUT2D eigenvalue weighted by atomic mass is 32.2. The van der Waals surface area contributed by atoms with Gasteiger partial charge in [-0.2, -0.15) is 0 Å². The molecule has 0 bridgehead atoms. The number of fused-ring (bicyclic) bond motifs is 1. The summed E-state index contributed by atoms with van der Waals surface area (Å²) >= 11 is 3.39. The molecular formula is C10H11NOS2. The number of hydrogen-bond acceptors (Lipinski definition) is 4. The van der Waals surface area contributed by atoms with Gasteiger partial charge in [0.25, 0.3) is 0 Å². The third-order valence-electron chi connectivity index (χ3n) is 1.83. The van der Waals surface area contributed by atoms with Gasteiger partial charge < -0.3 is 4.74 Å². The van der Waals surface area contributed by atoms with E-state index in [0.717, 1.165) is 15.6 Å². The first-order valence-corrected chi connectivity index (χ1v) is 6.45. The molecule has 14 heavy (non-hydrogen) atoms. The molecule has 0 spiro atoms. The van der Waals surface area contributed by atoms with E-state index in [2.05, 4.69) is 11.1 Å². The number of hydrogen-bond donors (Lipinski definition) is 0. The van der Waals surface area contributed by atoms with Crippen LogP contribution in [0.1, 0.15) is 6.92 Å². The van der Waals surface area contributed by atoms with Crippen LogP contribution in [0.15, 0.2) is 22.5 Å². The monoisotopic (exact) mass is 225 g/mol. The number of ether oxygens (including phenoxy) is 1. The molecule has 0 unspecified atom stereocenters. The summed E-state index contributed by atoms with van der Waals surface area (Å²) < 4.78 is 7.73. The molecule has 1 aromatic carbocycles. The Balaban J connectivity index is 2.43. The maximum absolute atomic E-state index is 5.43. The molecule has 0 N–H and O–H groups in total. The number of nitrogens with zero attached hydrogens (tertiary/aromatic N) is 1. The molecule has 4 heteroatoms. The zero-order valence-corrected chi connectivity index (χ0v) is 9.74. The molecule has 0 aliphatic carbocycles. The lowest BCUT2D eigenvalue weighted by atomic mass is 10.3. The van der Waals surface area contributed by atoms with E-state index in [1.54, 1.807) is 23.1 Å². The van der Waals surface area contributed by atoms with Crippen molar-refractivity contribution in [1.29, 1.82) is 0 Å². The molecule has 0 aliphatic heterocycles. The number of aromatic nitrogens is 1. The van der Waals surface area contributed by atoms with E-state index in [1.165, 1.54) is 4.70 Å². The van der Waals surface area contributed by atoms with Gasteiger partial charge in [0.1, 0.15) is 5.75 Å². The van der Waals surface area contributed by atoms with E-state index in [-0.39, 0.29) is 0 Å². The van der Waals surface area contributed by atoms with Crippen molar-refractivity contribution >= 4 is 33.3 Å². The molecule has 0 saturated carbocycles. The summed E-state index contributed by atoms with van der Waals surface area (Å²) in [6.07, 6.45) is 2.04. The van der Waals surface area contributed by atoms with Crippen molar-refractivity contribution in [1.82, 2.24) is 4.98 Å². The summed E-state index contributed by atoms with van der Waals surface area (Å²) in [6.45, 7) is 2.70. The van der Waals surface area contributed by atoms with Crippen LogP contribution in [0.4, 0.5) is 0 Å². The molecule has 0 saturated heterocycles. The minimum Gasteiger partial charge on any atom is -0.494 e. The molecule has 1 aromatic heterocycles. The summed E-state index contributed by atoms with van der Waals surface area (Å²) in [7, 11) is 0. The Labute approximate surface area is 91.3 Å². The van der Waals surface area contributed by atoms with Crippen LogP contribution in [0.5, 0.6) is 5.75 Å². The van der Waals surface area contributed by atoms with Gasteiger partial charge in [0.05, 0.1) is 16.8 Å². The van der Waals surface area contributed by atoms with Crippen LogP contribution < -0.4 is 4.74 Å². The van der Waals surface area contributed by atoms with Crippen LogP contribution in [0.25, 0.3) is 10.2 Å². The third kappa shape index (κ3) is 1.86. The van der Waals surface area contributed by atoms with Crippen molar-refractivity contribution < 1.29 is 4.74 Å². The van der Waals surface area contributed by atoms with Crippen molar-refractivity contribution in [2.45, 2.75) is 11.3 Å². The van der Waals surface area contributed by atoms with Crippen molar-refractivity contribution in [2.75, 3.05) is 12.9 Å². The van der Waals surface area contributed by atoms with Crippen LogP contribution in [0.3, 0.4) is 0 Å². The molecule has 2 rings (SSSR count). The predicted octanol–water partition coefficient (Wildman–Crippen LogP) is 3.42. The zero-order chi connectivity index (χ0) is 9.97. The fourth-order valence-electron chi connectivity index (χ4n) is 1.23. The van der Waals surface area contributed by atoms with Crippen molar-refractivity contribution in [2.24, 2.45) is 0 Å². The minimum atomic E-state index is 0.708. The van der Waals surface area contributed by atoms with E-state index in [9.17, 15) is 0 Å². The van der Waals surface area contributed by atoms with Gasteiger partial charge in [-0.25, -0.2) is 4.98 Å². The lowest BCUT2D eigenvalue weighted by molar-refractivity contribution is 0.341. The van der Waals surface area contributed by atoms with Crippen LogP contribution in [-0.4, -0.2) is 17.8 Å². The fraction of sp³-hybridized carbons (Fsp3) is 0.300. The first kappa shape index (κ1) is 9.80. The fourth-order valence-corrected chi connectivity index (χ4v) is 2.75. The maximum Gasteiger partial charge on any atom is 0.150 e. The Morgan fingerprint density at radius 2 is 2.36 bits per heavy atom. The van der Waals surface area contributed by atoms with E-state index >= 15 is 0 Å². The minimum absolute atomic E-state index is 0.708. The highest BCUT2D eigenvalue weighted by Gasteiger charge is 2.03. The molecule has 0 atom stereocenters. The average molecular weight is 225 g/mol. The third-order valence-corrected chi connectivity index (χ3v) is 3.83. The Kier molecular flexibility index (Phi) is 2.93. The van der Waals surface area contributed by atoms with Crippen LogP contribution in [0, 0.1) is 0 Å². The molecule has 0 aliphatic rings. The summed E-state index contributed by atoms with van der Waals surface area (Å²) in [4.78, 5) is 4.46. The zero-order valence-electron chi connectivity index (χ0n) is 8.11. The normalized spacial score (nSPS) is 10.7. The summed E-state index contributed by atoms with van der Waals surface area (Å²) in [6, 6.07) is 6.03. The molecule has 74 valence electrons. The lowest BCUT2D eigenvalue weighted by Crippen LogP contribution is -1.89. The van der Waals surface area contributed by atoms with E-state index in [4.69, 9.17) is 4.74 Å². The van der Waals surface area contributed by atoms with Crippen LogP contribution >= 0.6 is 23.1 Å². The Hall–Kier alpha value is -0.740. The van der Waals surface area contributed by atoms with E-state index in [0.29, 0.717) is 6.61 Å². The van der Waals surface area contributed by atoms with Crippen molar-refractivity contribution in [3.8, 4) is 5.75 Å². The van der Waals surface area contributed by atoms with E-state index < -0.39 is 0 Å². The van der Waals surface area contributed by atoms with E-state index in [1.807, 2.05) is 25.3 Å². The second kappa shape index (κ2) is 4.19. The van der Waals surface area contributed by atoms with Gasteiger partial charge in [0.15, 0.2) is 4.34 Å². The molecule has 0 amide bonds. The second-order valence-corrected chi connectivity index (χ2v) is 4.83. The van der Waals surface area contributed by atoms with Gasteiger partial charge in [0.2, 0.25) is 0 Å². The van der Waals surface area contributed by atoms with Gasteiger partial charge in [0, 0.05) is 0 Å². The Morgan fingerprint density at radius 1 is 1.50 bits per heavy atom. The van der Waals surface area contributed by atoms with Crippen molar-refractivity contribution in [3.05, 3.63) is 18.2 Å². The molecule has 0 fully saturated rings. The molecular weight excluding hydrogens is 214 g/mol. The summed E-state index contributed by atoms with van der Waals surface area (Å²) in [5, 5.41) is 0. The average Bonchev–Trinajstić information content (AvgIpc) is 2.60. The molecule has 2 nitrogen and oxygen atoms in total. The number of benzene rings is 1. The molecule has 2 aromatic rings. The van der Waals surface area contributed by atoms with Gasteiger partial charge >= 0.3 is 0 Å². The summed E-state index contributed by atoms with van der Waals surface area (Å²) in [5.41, 5.74) is 1.06. The predicted molar refractivity (Wildman–Crippen MR) is 62.6 cm³/mol. The molecule has 0 radical (unpaired) electrons. The van der Waals surface area contributed by atoms with Gasteiger partial charge in [-0.1, -0.05) is 11.8 Å². The number of thioether (sulfide) groups is 1. The van der Waals surface area contributed by atoms with Gasteiger partial charge in [-0.05, 0) is 31.4 Å².